The lowest BCUT2D eigenvalue weighted by Crippen LogP contribution is -2.53. The molecular formula is C34H34Cl2N4O7S. The van der Waals surface area contributed by atoms with E-state index in [-0.39, 0.29) is 29.1 Å². The van der Waals surface area contributed by atoms with Crippen molar-refractivity contribution in [2.75, 3.05) is 38.8 Å². The van der Waals surface area contributed by atoms with Crippen LogP contribution in [0.4, 0.5) is 10.5 Å². The Hall–Kier alpha value is -4.10. The van der Waals surface area contributed by atoms with Gasteiger partial charge in [-0.25, -0.2) is 9.59 Å². The lowest BCUT2D eigenvalue weighted by atomic mass is 9.86. The zero-order valence-electron chi connectivity index (χ0n) is 26.3. The van der Waals surface area contributed by atoms with Gasteiger partial charge in [-0.2, -0.15) is 4.73 Å². The second-order valence-electron chi connectivity index (χ2n) is 11.6. The number of benzene rings is 1. The van der Waals surface area contributed by atoms with Crippen molar-refractivity contribution in [3.05, 3.63) is 103 Å². The number of carbonyl (C=O) groups is 2. The van der Waals surface area contributed by atoms with Gasteiger partial charge in [-0.1, -0.05) is 29.3 Å². The lowest BCUT2D eigenvalue weighted by Gasteiger charge is -2.44. The number of ether oxygens (including phenoxy) is 4. The van der Waals surface area contributed by atoms with E-state index in [1.165, 1.54) is 38.0 Å². The predicted octanol–water partition coefficient (Wildman–Crippen LogP) is 6.48. The second-order valence-corrected chi connectivity index (χ2v) is 13.6. The van der Waals surface area contributed by atoms with E-state index in [1.807, 2.05) is 0 Å². The predicted molar refractivity (Wildman–Crippen MR) is 181 cm³/mol. The van der Waals surface area contributed by atoms with Crippen LogP contribution in [-0.2, 0) is 22.4 Å². The fourth-order valence-electron chi connectivity index (χ4n) is 6.12. The van der Waals surface area contributed by atoms with Crippen LogP contribution in [0.15, 0.2) is 67.3 Å². The van der Waals surface area contributed by atoms with Crippen molar-refractivity contribution in [3.8, 4) is 11.5 Å². The number of anilines is 1. The molecule has 0 N–H and O–H groups in total. The van der Waals surface area contributed by atoms with Gasteiger partial charge in [0.25, 0.3) is 0 Å². The van der Waals surface area contributed by atoms with Crippen LogP contribution in [0.5, 0.6) is 11.5 Å². The van der Waals surface area contributed by atoms with Gasteiger partial charge in [0.1, 0.15) is 27.1 Å². The molecule has 0 spiro atoms. The molecule has 2 atom stereocenters. The largest absolute Gasteiger partial charge is 0.619 e. The van der Waals surface area contributed by atoms with Crippen molar-refractivity contribution in [3.63, 3.8) is 0 Å². The molecule has 2 bridgehead atoms. The van der Waals surface area contributed by atoms with E-state index in [9.17, 15) is 14.8 Å². The number of carbonyl (C=O) groups excluding carboxylic acids is 2. The molecule has 1 aromatic carbocycles. The summed E-state index contributed by atoms with van der Waals surface area (Å²) in [6.45, 7) is 2.99. The zero-order chi connectivity index (χ0) is 33.8. The van der Waals surface area contributed by atoms with Crippen LogP contribution >= 0.6 is 34.5 Å². The molecule has 3 fully saturated rings. The fourth-order valence-corrected chi connectivity index (χ4v) is 7.60. The van der Waals surface area contributed by atoms with E-state index < -0.39 is 18.2 Å². The molecule has 3 saturated heterocycles. The maximum Gasteiger partial charge on any atom is 0.415 e. The molecule has 0 aliphatic carbocycles. The number of aromatic nitrogens is 2. The Morgan fingerprint density at radius 1 is 1.08 bits per heavy atom. The molecule has 7 rings (SSSR count). The number of hydrogen-bond acceptors (Lipinski definition) is 10. The zero-order valence-corrected chi connectivity index (χ0v) is 28.7. The summed E-state index contributed by atoms with van der Waals surface area (Å²) in [6, 6.07) is 12.2. The molecule has 0 unspecified atom stereocenters. The Morgan fingerprint density at radius 3 is 2.48 bits per heavy atom. The highest BCUT2D eigenvalue weighted by Gasteiger charge is 2.37. The number of esters is 1. The van der Waals surface area contributed by atoms with E-state index in [2.05, 4.69) is 9.88 Å². The number of piperidine rings is 3. The molecule has 6 heterocycles. The lowest BCUT2D eigenvalue weighted by molar-refractivity contribution is -0.605. The summed E-state index contributed by atoms with van der Waals surface area (Å²) in [4.78, 5) is 36.4. The van der Waals surface area contributed by atoms with E-state index in [1.54, 1.807) is 59.8 Å². The standard InChI is InChI=1S/C34H34Cl2N4O7S/c1-44-28-7-5-22(14-30(28)45-2)29(15-25-26(35)18-39(43)19-27(25)36)46-33(41)32-8-6-24(48-32)17-40(23-4-3-11-37-16-23)34(42)47-31-20-38-12-9-21(31)10-13-38/h3-8,11,14,16,18-19,21,29,31H,9-10,12-13,15,17,20H2,1-2H3/t29-,31-/m0/s1. The third kappa shape index (κ3) is 7.62. The quantitative estimate of drug-likeness (QED) is 0.0979. The minimum Gasteiger partial charge on any atom is -0.619 e. The van der Waals surface area contributed by atoms with Gasteiger partial charge in [0.15, 0.2) is 23.9 Å². The van der Waals surface area contributed by atoms with Gasteiger partial charge in [0.2, 0.25) is 0 Å². The Kier molecular flexibility index (Phi) is 10.5. The van der Waals surface area contributed by atoms with Crippen LogP contribution in [0.1, 0.15) is 44.6 Å². The fraction of sp³-hybridized carbons (Fsp3) is 0.353. The van der Waals surface area contributed by atoms with Crippen LogP contribution in [0, 0.1) is 11.1 Å². The molecular weight excluding hydrogens is 679 g/mol. The van der Waals surface area contributed by atoms with Crippen molar-refractivity contribution < 1.29 is 33.3 Å². The summed E-state index contributed by atoms with van der Waals surface area (Å²) < 4.78 is 23.5. The Labute approximate surface area is 292 Å². The van der Waals surface area contributed by atoms with E-state index in [0.717, 1.165) is 37.4 Å². The third-order valence-corrected chi connectivity index (χ3v) is 10.4. The summed E-state index contributed by atoms with van der Waals surface area (Å²) in [5.74, 6) is 0.717. The van der Waals surface area contributed by atoms with Crippen molar-refractivity contribution in [1.29, 1.82) is 0 Å². The Balaban J connectivity index is 1.22. The summed E-state index contributed by atoms with van der Waals surface area (Å²) in [7, 11) is 3.04. The van der Waals surface area contributed by atoms with E-state index in [4.69, 9.17) is 42.1 Å². The van der Waals surface area contributed by atoms with Crippen molar-refractivity contribution in [2.45, 2.75) is 38.0 Å². The number of fused-ring (bicyclic) bond motifs is 3. The summed E-state index contributed by atoms with van der Waals surface area (Å²) in [5.41, 5.74) is 1.63. The first-order chi connectivity index (χ1) is 23.2. The Morgan fingerprint density at radius 2 is 1.83 bits per heavy atom. The normalized spacial score (nSPS) is 19.0. The molecule has 4 aromatic rings. The molecule has 0 saturated carbocycles. The van der Waals surface area contributed by atoms with Crippen LogP contribution in [0.2, 0.25) is 10.0 Å². The van der Waals surface area contributed by atoms with Gasteiger partial charge >= 0.3 is 12.1 Å². The number of halogens is 2. The number of thiophene rings is 1. The average molecular weight is 714 g/mol. The van der Waals surface area contributed by atoms with Gasteiger partial charge < -0.3 is 24.2 Å². The molecule has 3 aromatic heterocycles. The highest BCUT2D eigenvalue weighted by Crippen LogP contribution is 2.36. The van der Waals surface area contributed by atoms with Crippen LogP contribution < -0.4 is 19.1 Å². The maximum absolute atomic E-state index is 13.7. The molecule has 11 nitrogen and oxygen atoms in total. The molecule has 3 aliphatic heterocycles. The smallest absolute Gasteiger partial charge is 0.415 e. The number of hydrogen-bond donors (Lipinski definition) is 0. The van der Waals surface area contributed by atoms with Crippen LogP contribution in [0.3, 0.4) is 0 Å². The molecule has 0 radical (unpaired) electrons. The van der Waals surface area contributed by atoms with Gasteiger partial charge in [-0.15, -0.1) is 11.3 Å². The molecule has 14 heteroatoms. The maximum atomic E-state index is 13.7. The highest BCUT2D eigenvalue weighted by atomic mass is 35.5. The van der Waals surface area contributed by atoms with Gasteiger partial charge in [0, 0.05) is 29.6 Å². The van der Waals surface area contributed by atoms with Gasteiger partial charge in [0.05, 0.1) is 32.6 Å². The number of nitrogens with zero attached hydrogens (tertiary/aromatic N) is 4. The highest BCUT2D eigenvalue weighted by molar-refractivity contribution is 7.14. The summed E-state index contributed by atoms with van der Waals surface area (Å²) >= 11 is 14.0. The van der Waals surface area contributed by atoms with Crippen molar-refractivity contribution >= 4 is 52.3 Å². The average Bonchev–Trinajstić information content (AvgIpc) is 3.57. The SMILES string of the molecule is COc1ccc([C@H](Cc2c(Cl)c[n+]([O-])cc2Cl)OC(=O)c2ccc(CN(C(=O)O[C@H]3CN4CCC3CC4)c3cccnc3)s2)cc1OC. The van der Waals surface area contributed by atoms with Gasteiger partial charge in [-0.3, -0.25) is 14.8 Å². The summed E-state index contributed by atoms with van der Waals surface area (Å²) in [5, 5.41) is 12.1. The van der Waals surface area contributed by atoms with E-state index >= 15 is 0 Å². The Bertz CT molecular complexity index is 1740. The first kappa shape index (κ1) is 33.8. The molecule has 3 aliphatic rings. The number of pyridine rings is 2. The second kappa shape index (κ2) is 15.0. The van der Waals surface area contributed by atoms with E-state index in [0.29, 0.717) is 43.8 Å². The van der Waals surface area contributed by atoms with Crippen LogP contribution in [0.25, 0.3) is 0 Å². The first-order valence-corrected chi connectivity index (χ1v) is 17.0. The third-order valence-electron chi connectivity index (χ3n) is 8.68. The van der Waals surface area contributed by atoms with Crippen molar-refractivity contribution in [1.82, 2.24) is 9.88 Å². The topological polar surface area (TPSA) is 117 Å². The number of rotatable bonds is 11. The summed E-state index contributed by atoms with van der Waals surface area (Å²) in [6.07, 6.45) is 6.29. The van der Waals surface area contributed by atoms with Gasteiger partial charge in [-0.05, 0) is 73.8 Å². The minimum absolute atomic E-state index is 0.0815. The number of methoxy groups -OCH3 is 2. The van der Waals surface area contributed by atoms with Crippen LogP contribution in [-0.4, -0.2) is 61.9 Å². The molecule has 1 amide bonds. The van der Waals surface area contributed by atoms with Crippen molar-refractivity contribution in [2.24, 2.45) is 5.92 Å². The molecule has 252 valence electrons. The number of amides is 1. The minimum atomic E-state index is -0.858. The molecule has 48 heavy (non-hydrogen) atoms. The first-order valence-electron chi connectivity index (χ1n) is 15.4. The monoisotopic (exact) mass is 712 g/mol.